The molecule has 0 saturated heterocycles. The molecule has 5 nitrogen and oxygen atoms in total. The van der Waals surface area contributed by atoms with E-state index in [1.807, 2.05) is 12.6 Å². The van der Waals surface area contributed by atoms with Gasteiger partial charge in [-0.15, -0.1) is 0 Å². The summed E-state index contributed by atoms with van der Waals surface area (Å²) in [6.07, 6.45) is 1.37. The van der Waals surface area contributed by atoms with Gasteiger partial charge >= 0.3 is 8.56 Å². The van der Waals surface area contributed by atoms with Crippen molar-refractivity contribution in [1.29, 1.82) is 0 Å². The van der Waals surface area contributed by atoms with Crippen LogP contribution in [-0.2, 0) is 8.85 Å². The Balaban J connectivity index is 4.47. The van der Waals surface area contributed by atoms with Crippen LogP contribution in [0.5, 0.6) is 0 Å². The highest BCUT2D eigenvalue weighted by Crippen LogP contribution is 2.13. The molecule has 0 aliphatic heterocycles. The maximum atomic E-state index is 9.16. The molecule has 0 saturated carbocycles. The Morgan fingerprint density at radius 1 is 1.00 bits per heavy atom. The molecule has 3 N–H and O–H groups in total. The molecule has 0 radical (unpaired) electrons. The Morgan fingerprint density at radius 2 is 1.44 bits per heavy atom. The molecule has 16 heavy (non-hydrogen) atoms. The average molecular weight is 266 g/mol. The quantitative estimate of drug-likeness (QED) is 0.516. The van der Waals surface area contributed by atoms with E-state index >= 15 is 0 Å². The van der Waals surface area contributed by atoms with Gasteiger partial charge in [0.2, 0.25) is 0 Å². The number of hydrogen-bond acceptors (Lipinski definition) is 5. The van der Waals surface area contributed by atoms with Crippen molar-refractivity contribution in [2.45, 2.75) is 12.6 Å². The second-order valence-corrected chi connectivity index (χ2v) is 11.5. The maximum absolute atomic E-state index is 9.16. The molecule has 0 aromatic heterocycles. The average Bonchev–Trinajstić information content (AvgIpc) is 2.35. The van der Waals surface area contributed by atoms with Crippen molar-refractivity contribution in [2.24, 2.45) is 0 Å². The van der Waals surface area contributed by atoms with Gasteiger partial charge in [-0.3, -0.25) is 0 Å². The van der Waals surface area contributed by atoms with Crippen LogP contribution >= 0.6 is 0 Å². The highest BCUT2D eigenvalue weighted by molar-refractivity contribution is 6.84. The zero-order chi connectivity index (χ0) is 12.7. The van der Waals surface area contributed by atoms with Crippen LogP contribution in [0.1, 0.15) is 0 Å². The lowest BCUT2D eigenvalue weighted by Gasteiger charge is -2.23. The van der Waals surface area contributed by atoms with Crippen molar-refractivity contribution >= 4 is 16.6 Å². The van der Waals surface area contributed by atoms with Crippen LogP contribution in [0, 0.1) is 0 Å². The van der Waals surface area contributed by atoms with Gasteiger partial charge in [0.15, 0.2) is 8.07 Å². The lowest BCUT2D eigenvalue weighted by atomic mass is 10.8. The first-order chi connectivity index (χ1) is 7.51. The van der Waals surface area contributed by atoms with Crippen LogP contribution in [0.15, 0.2) is 11.8 Å². The Bertz CT molecular complexity index is 206. The van der Waals surface area contributed by atoms with Gasteiger partial charge in [-0.1, -0.05) is 11.8 Å². The first-order valence-corrected chi connectivity index (χ1v) is 10.3. The van der Waals surface area contributed by atoms with Crippen molar-refractivity contribution in [3.05, 3.63) is 11.8 Å². The van der Waals surface area contributed by atoms with Gasteiger partial charge in [-0.25, -0.2) is 0 Å². The van der Waals surface area contributed by atoms with Crippen LogP contribution in [0.3, 0.4) is 0 Å². The molecule has 0 rings (SSSR count). The molecule has 0 amide bonds. The van der Waals surface area contributed by atoms with E-state index < -0.39 is 16.6 Å². The van der Waals surface area contributed by atoms with E-state index in [-0.39, 0.29) is 18.7 Å². The van der Waals surface area contributed by atoms with E-state index in [2.05, 4.69) is 0 Å². The summed E-state index contributed by atoms with van der Waals surface area (Å²) in [4.78, 5) is 0. The fraction of sp³-hybridized carbons (Fsp3) is 0.778. The predicted molar refractivity (Wildman–Crippen MR) is 66.6 cm³/mol. The molecule has 0 unspecified atom stereocenters. The minimum absolute atomic E-state index is 0.158. The lowest BCUT2D eigenvalue weighted by molar-refractivity contribution is 0.253. The zero-order valence-electron chi connectivity index (χ0n) is 10.1. The van der Waals surface area contributed by atoms with Gasteiger partial charge in [0.25, 0.3) is 0 Å². The molecule has 0 aromatic rings. The molecule has 96 valence electrons. The summed E-state index contributed by atoms with van der Waals surface area (Å²) in [5.41, 5.74) is 1.76. The molecule has 0 fully saturated rings. The van der Waals surface area contributed by atoms with E-state index in [4.69, 9.17) is 24.2 Å². The standard InChI is InChI=1S/C9H22O5Si2/c1-13-15(3,14-2)5-4-6-16(7-10,8-11)9-12/h4,6,10-12H,5,7-9H2,1-3H3/b6-4+. The molecule has 0 aliphatic carbocycles. The SMILES string of the molecule is CO[Si](C)(C/C=C/[Si](CO)(CO)CO)OC. The van der Waals surface area contributed by atoms with E-state index in [1.165, 1.54) is 0 Å². The highest BCUT2D eigenvalue weighted by atomic mass is 28.4. The fourth-order valence-electron chi connectivity index (χ4n) is 1.08. The smallest absolute Gasteiger partial charge is 0.338 e. The van der Waals surface area contributed by atoms with Crippen molar-refractivity contribution in [1.82, 2.24) is 0 Å². The number of aliphatic hydroxyl groups excluding tert-OH is 3. The molecule has 0 atom stereocenters. The maximum Gasteiger partial charge on any atom is 0.338 e. The molecular weight excluding hydrogens is 244 g/mol. The van der Waals surface area contributed by atoms with Gasteiger partial charge in [-0.2, -0.15) is 0 Å². The van der Waals surface area contributed by atoms with Gasteiger partial charge in [0.1, 0.15) is 0 Å². The predicted octanol–water partition coefficient (Wildman–Crippen LogP) is -0.510. The summed E-state index contributed by atoms with van der Waals surface area (Å²) in [5.74, 6) is 0. The fourth-order valence-corrected chi connectivity index (χ4v) is 3.60. The second kappa shape index (κ2) is 7.33. The van der Waals surface area contributed by atoms with E-state index in [9.17, 15) is 0 Å². The first kappa shape index (κ1) is 16.0. The normalized spacial score (nSPS) is 13.6. The highest BCUT2D eigenvalue weighted by Gasteiger charge is 2.30. The molecular formula is C9H22O5Si2. The number of hydrogen-bond donors (Lipinski definition) is 3. The monoisotopic (exact) mass is 266 g/mol. The summed E-state index contributed by atoms with van der Waals surface area (Å²) in [5, 5.41) is 27.5. The summed E-state index contributed by atoms with van der Waals surface area (Å²) in [7, 11) is -1.37. The Morgan fingerprint density at radius 3 is 1.75 bits per heavy atom. The van der Waals surface area contributed by atoms with E-state index in [1.54, 1.807) is 19.9 Å². The van der Waals surface area contributed by atoms with E-state index in [0.717, 1.165) is 0 Å². The molecule has 0 bridgehead atoms. The van der Waals surface area contributed by atoms with Crippen LogP contribution in [0.4, 0.5) is 0 Å². The van der Waals surface area contributed by atoms with Crippen molar-refractivity contribution in [3.63, 3.8) is 0 Å². The second-order valence-electron chi connectivity index (χ2n) is 3.99. The Kier molecular flexibility index (Phi) is 7.32. The van der Waals surface area contributed by atoms with Crippen LogP contribution in [-0.4, -0.2) is 64.9 Å². The summed E-state index contributed by atoms with van der Waals surface area (Å²) >= 11 is 0. The van der Waals surface area contributed by atoms with Gasteiger partial charge < -0.3 is 24.2 Å². The third-order valence-corrected chi connectivity index (χ3v) is 8.30. The first-order valence-electron chi connectivity index (χ1n) is 5.12. The van der Waals surface area contributed by atoms with E-state index in [0.29, 0.717) is 6.04 Å². The van der Waals surface area contributed by atoms with Gasteiger partial charge in [0.05, 0.1) is 0 Å². The zero-order valence-corrected chi connectivity index (χ0v) is 12.1. The largest absolute Gasteiger partial charge is 0.399 e. The third-order valence-electron chi connectivity index (χ3n) is 2.77. The number of aliphatic hydroxyl groups is 3. The minimum atomic E-state index is -2.45. The summed E-state index contributed by atoms with van der Waals surface area (Å²) in [6.45, 7) is 1.93. The van der Waals surface area contributed by atoms with Crippen LogP contribution in [0.2, 0.25) is 12.6 Å². The Hall–Kier alpha value is -0.0262. The number of rotatable bonds is 8. The minimum Gasteiger partial charge on any atom is -0.399 e. The summed E-state index contributed by atoms with van der Waals surface area (Å²) < 4.78 is 10.6. The molecule has 0 aromatic carbocycles. The van der Waals surface area contributed by atoms with Crippen molar-refractivity contribution < 1.29 is 24.2 Å². The van der Waals surface area contributed by atoms with Crippen LogP contribution in [0.25, 0.3) is 0 Å². The molecule has 0 spiro atoms. The topological polar surface area (TPSA) is 79.2 Å². The summed E-state index contributed by atoms with van der Waals surface area (Å²) in [6, 6.07) is 0.634. The van der Waals surface area contributed by atoms with Crippen LogP contribution < -0.4 is 0 Å². The molecule has 0 heterocycles. The van der Waals surface area contributed by atoms with Crippen molar-refractivity contribution in [3.8, 4) is 0 Å². The lowest BCUT2D eigenvalue weighted by Crippen LogP contribution is -2.47. The molecule has 7 heteroatoms. The number of allylic oxidation sites excluding steroid dienone is 1. The van der Waals surface area contributed by atoms with Crippen molar-refractivity contribution in [2.75, 3.05) is 32.9 Å². The Labute approximate surface area is 98.6 Å². The van der Waals surface area contributed by atoms with Gasteiger partial charge in [0, 0.05) is 39.0 Å². The third kappa shape index (κ3) is 4.46. The molecule has 0 aliphatic rings. The van der Waals surface area contributed by atoms with Gasteiger partial charge in [-0.05, 0) is 6.55 Å².